The summed E-state index contributed by atoms with van der Waals surface area (Å²) in [7, 11) is 0. The van der Waals surface area contributed by atoms with Gasteiger partial charge in [0, 0.05) is 18.8 Å². The first-order valence-corrected chi connectivity index (χ1v) is 5.63. The lowest BCUT2D eigenvalue weighted by atomic mass is 10.1. The maximum Gasteiger partial charge on any atom is 0.125 e. The van der Waals surface area contributed by atoms with Crippen LogP contribution in [0, 0.1) is 17.2 Å². The van der Waals surface area contributed by atoms with Gasteiger partial charge in [0.05, 0.1) is 5.56 Å². The zero-order valence-corrected chi connectivity index (χ0v) is 9.19. The maximum atomic E-state index is 8.64. The molecule has 84 valence electrons. The third-order valence-electron chi connectivity index (χ3n) is 3.05. The monoisotopic (exact) mass is 216 g/mol. The first-order valence-electron chi connectivity index (χ1n) is 5.63. The molecular weight excluding hydrogens is 200 g/mol. The molecule has 2 rings (SSSR count). The number of rotatable bonds is 3. The van der Waals surface area contributed by atoms with Gasteiger partial charge in [0.1, 0.15) is 11.9 Å². The number of anilines is 1. The van der Waals surface area contributed by atoms with Gasteiger partial charge in [-0.1, -0.05) is 0 Å². The fourth-order valence-corrected chi connectivity index (χ4v) is 2.11. The molecule has 1 aliphatic carbocycles. The number of hydrogen-bond donors (Lipinski definition) is 2. The number of nitriles is 1. The van der Waals surface area contributed by atoms with Crippen molar-refractivity contribution in [2.24, 2.45) is 11.7 Å². The van der Waals surface area contributed by atoms with Crippen LogP contribution in [0.3, 0.4) is 0 Å². The second kappa shape index (κ2) is 4.95. The van der Waals surface area contributed by atoms with Crippen molar-refractivity contribution in [3.63, 3.8) is 0 Å². The molecule has 0 aliphatic heterocycles. The third-order valence-corrected chi connectivity index (χ3v) is 3.05. The predicted molar refractivity (Wildman–Crippen MR) is 62.8 cm³/mol. The molecule has 1 aromatic heterocycles. The van der Waals surface area contributed by atoms with Crippen molar-refractivity contribution < 1.29 is 0 Å². The van der Waals surface area contributed by atoms with Crippen molar-refractivity contribution >= 4 is 5.82 Å². The molecule has 1 heterocycles. The zero-order valence-electron chi connectivity index (χ0n) is 9.19. The van der Waals surface area contributed by atoms with E-state index in [0.717, 1.165) is 25.2 Å². The fourth-order valence-electron chi connectivity index (χ4n) is 2.11. The lowest BCUT2D eigenvalue weighted by Crippen LogP contribution is -2.17. The second-order valence-corrected chi connectivity index (χ2v) is 4.36. The Bertz CT molecular complexity index is 379. The Morgan fingerprint density at radius 2 is 2.38 bits per heavy atom. The Hall–Kier alpha value is -1.60. The van der Waals surface area contributed by atoms with Gasteiger partial charge in [0.2, 0.25) is 0 Å². The van der Waals surface area contributed by atoms with Gasteiger partial charge >= 0.3 is 0 Å². The summed E-state index contributed by atoms with van der Waals surface area (Å²) in [5.41, 5.74) is 6.44. The van der Waals surface area contributed by atoms with Crippen LogP contribution >= 0.6 is 0 Å². The molecule has 0 amide bonds. The Labute approximate surface area is 95.5 Å². The van der Waals surface area contributed by atoms with E-state index in [0.29, 0.717) is 17.5 Å². The molecule has 16 heavy (non-hydrogen) atoms. The average Bonchev–Trinajstić information content (AvgIpc) is 2.73. The molecule has 0 radical (unpaired) electrons. The van der Waals surface area contributed by atoms with Crippen molar-refractivity contribution in [1.82, 2.24) is 4.98 Å². The molecule has 3 N–H and O–H groups in total. The van der Waals surface area contributed by atoms with Crippen LogP contribution in [0.1, 0.15) is 24.8 Å². The zero-order chi connectivity index (χ0) is 11.4. The van der Waals surface area contributed by atoms with Gasteiger partial charge in [-0.05, 0) is 37.3 Å². The predicted octanol–water partition coefficient (Wildman–Crippen LogP) is 1.49. The van der Waals surface area contributed by atoms with E-state index in [1.54, 1.807) is 12.3 Å². The number of aromatic nitrogens is 1. The first-order chi connectivity index (χ1) is 7.78. The molecule has 0 bridgehead atoms. The number of nitrogens with zero attached hydrogens (tertiary/aromatic N) is 2. The van der Waals surface area contributed by atoms with Crippen LogP contribution in [-0.2, 0) is 0 Å². The molecule has 2 atom stereocenters. The second-order valence-electron chi connectivity index (χ2n) is 4.36. The van der Waals surface area contributed by atoms with Crippen LogP contribution < -0.4 is 11.1 Å². The first kappa shape index (κ1) is 10.9. The van der Waals surface area contributed by atoms with Crippen LogP contribution in [0.25, 0.3) is 0 Å². The molecule has 1 saturated carbocycles. The van der Waals surface area contributed by atoms with Crippen LogP contribution in [0.4, 0.5) is 5.82 Å². The van der Waals surface area contributed by atoms with E-state index >= 15 is 0 Å². The van der Waals surface area contributed by atoms with Gasteiger partial charge in [-0.25, -0.2) is 4.98 Å². The minimum absolute atomic E-state index is 0.376. The standard InChI is InChI=1S/C12H16N4/c13-6-10-2-4-12(16-8-10)15-7-9-1-3-11(14)5-9/h2,4,8-9,11H,1,3,5,7,14H2,(H,15,16)/t9-,11-/m1/s1. The van der Waals surface area contributed by atoms with E-state index in [2.05, 4.69) is 16.4 Å². The normalized spacial score (nSPS) is 24.0. The highest BCUT2D eigenvalue weighted by Crippen LogP contribution is 2.24. The smallest absolute Gasteiger partial charge is 0.125 e. The minimum Gasteiger partial charge on any atom is -0.370 e. The van der Waals surface area contributed by atoms with Crippen LogP contribution in [-0.4, -0.2) is 17.6 Å². The summed E-state index contributed by atoms with van der Waals surface area (Å²) in [6.07, 6.45) is 5.02. The Morgan fingerprint density at radius 3 is 2.94 bits per heavy atom. The number of hydrogen-bond acceptors (Lipinski definition) is 4. The SMILES string of the molecule is N#Cc1ccc(NC[C@@H]2CC[C@@H](N)C2)nc1. The molecule has 0 aromatic carbocycles. The van der Waals surface area contributed by atoms with Crippen LogP contribution in [0.5, 0.6) is 0 Å². The van der Waals surface area contributed by atoms with E-state index < -0.39 is 0 Å². The van der Waals surface area contributed by atoms with E-state index in [1.165, 1.54) is 6.42 Å². The summed E-state index contributed by atoms with van der Waals surface area (Å²) in [6.45, 7) is 0.923. The maximum absolute atomic E-state index is 8.64. The number of nitrogens with two attached hydrogens (primary N) is 1. The number of pyridine rings is 1. The molecule has 1 aromatic rings. The summed E-state index contributed by atoms with van der Waals surface area (Å²) < 4.78 is 0. The molecule has 1 fully saturated rings. The average molecular weight is 216 g/mol. The topological polar surface area (TPSA) is 74.7 Å². The highest BCUT2D eigenvalue weighted by atomic mass is 15.0. The molecule has 1 aliphatic rings. The van der Waals surface area contributed by atoms with E-state index in [4.69, 9.17) is 11.0 Å². The Morgan fingerprint density at radius 1 is 1.50 bits per heavy atom. The van der Waals surface area contributed by atoms with Crippen molar-refractivity contribution in [2.75, 3.05) is 11.9 Å². The van der Waals surface area contributed by atoms with Gasteiger partial charge < -0.3 is 11.1 Å². The molecule has 4 nitrogen and oxygen atoms in total. The van der Waals surface area contributed by atoms with Crippen molar-refractivity contribution in [1.29, 1.82) is 5.26 Å². The van der Waals surface area contributed by atoms with Crippen LogP contribution in [0.2, 0.25) is 0 Å². The van der Waals surface area contributed by atoms with Gasteiger partial charge in [-0.15, -0.1) is 0 Å². The fraction of sp³-hybridized carbons (Fsp3) is 0.500. The Kier molecular flexibility index (Phi) is 3.37. The van der Waals surface area contributed by atoms with Gasteiger partial charge in [-0.3, -0.25) is 0 Å². The lowest BCUT2D eigenvalue weighted by molar-refractivity contribution is 0.565. The Balaban J connectivity index is 1.83. The number of nitrogens with one attached hydrogen (secondary N) is 1. The highest BCUT2D eigenvalue weighted by molar-refractivity contribution is 5.38. The molecule has 4 heteroatoms. The summed E-state index contributed by atoms with van der Waals surface area (Å²) in [4.78, 5) is 4.16. The van der Waals surface area contributed by atoms with Gasteiger partial charge in [-0.2, -0.15) is 5.26 Å². The molecule has 0 spiro atoms. The molecule has 0 unspecified atom stereocenters. The summed E-state index contributed by atoms with van der Waals surface area (Å²) in [6, 6.07) is 6.04. The minimum atomic E-state index is 0.376. The van der Waals surface area contributed by atoms with Crippen molar-refractivity contribution in [2.45, 2.75) is 25.3 Å². The van der Waals surface area contributed by atoms with Gasteiger partial charge in [0.25, 0.3) is 0 Å². The third kappa shape index (κ3) is 2.71. The van der Waals surface area contributed by atoms with Crippen molar-refractivity contribution in [3.05, 3.63) is 23.9 Å². The van der Waals surface area contributed by atoms with Crippen molar-refractivity contribution in [3.8, 4) is 6.07 Å². The highest BCUT2D eigenvalue weighted by Gasteiger charge is 2.21. The van der Waals surface area contributed by atoms with Gasteiger partial charge in [0.15, 0.2) is 0 Å². The largest absolute Gasteiger partial charge is 0.370 e. The lowest BCUT2D eigenvalue weighted by Gasteiger charge is -2.11. The summed E-state index contributed by atoms with van der Waals surface area (Å²) >= 11 is 0. The van der Waals surface area contributed by atoms with E-state index in [1.807, 2.05) is 6.07 Å². The van der Waals surface area contributed by atoms with Crippen LogP contribution in [0.15, 0.2) is 18.3 Å². The van der Waals surface area contributed by atoms with E-state index in [-0.39, 0.29) is 0 Å². The van der Waals surface area contributed by atoms with E-state index in [9.17, 15) is 0 Å². The summed E-state index contributed by atoms with van der Waals surface area (Å²) in [5, 5.41) is 11.9. The molecule has 0 saturated heterocycles. The summed E-state index contributed by atoms with van der Waals surface area (Å²) in [5.74, 6) is 1.49. The quantitative estimate of drug-likeness (QED) is 0.802. The molecular formula is C12H16N4.